The van der Waals surface area contributed by atoms with E-state index >= 15 is 0 Å². The second kappa shape index (κ2) is 8.10. The second-order valence-corrected chi connectivity index (χ2v) is 6.88. The quantitative estimate of drug-likeness (QED) is 0.773. The highest BCUT2D eigenvalue weighted by atomic mass is 19.4. The van der Waals surface area contributed by atoms with Crippen molar-refractivity contribution in [2.45, 2.75) is 19.3 Å². The number of benzene rings is 2. The summed E-state index contributed by atoms with van der Waals surface area (Å²) in [5.74, 6) is -2.08. The van der Waals surface area contributed by atoms with Crippen LogP contribution in [-0.4, -0.2) is 41.8 Å². The molecule has 2 amide bonds. The molecule has 0 unspecified atom stereocenters. The predicted octanol–water partition coefficient (Wildman–Crippen LogP) is 3.71. The highest BCUT2D eigenvalue weighted by molar-refractivity contribution is 6.06. The van der Waals surface area contributed by atoms with E-state index in [4.69, 9.17) is 0 Å². The Morgan fingerprint density at radius 2 is 1.80 bits per heavy atom. The number of carbonyl (C=O) groups excluding carboxylic acids is 2. The number of alkyl halides is 3. The van der Waals surface area contributed by atoms with E-state index in [9.17, 15) is 27.9 Å². The first-order chi connectivity index (χ1) is 14.0. The molecule has 0 bridgehead atoms. The minimum atomic E-state index is -4.78. The van der Waals surface area contributed by atoms with Crippen molar-refractivity contribution in [2.24, 2.45) is 0 Å². The third kappa shape index (κ3) is 4.73. The summed E-state index contributed by atoms with van der Waals surface area (Å²) in [7, 11) is 1.47. The van der Waals surface area contributed by atoms with Crippen molar-refractivity contribution >= 4 is 11.8 Å². The summed E-state index contributed by atoms with van der Waals surface area (Å²) in [6.45, 7) is 1.73. The van der Waals surface area contributed by atoms with E-state index < -0.39 is 30.0 Å². The number of hydrogen-bond donors (Lipinski definition) is 2. The predicted molar refractivity (Wildman–Crippen MR) is 102 cm³/mol. The largest absolute Gasteiger partial charge is 0.573 e. The zero-order chi connectivity index (χ0) is 22.1. The normalized spacial score (nSPS) is 15.4. The van der Waals surface area contributed by atoms with Crippen LogP contribution >= 0.6 is 0 Å². The summed E-state index contributed by atoms with van der Waals surface area (Å²) in [5, 5.41) is 12.5. The molecular formula is C21H19F3N2O4. The van der Waals surface area contributed by atoms with Crippen LogP contribution in [0.15, 0.2) is 59.9 Å². The fraction of sp³-hybridized carbons (Fsp3) is 0.238. The SMILES string of the molecule is C[C@@H](NC(=O)C1=C(O)C(=O)N(C)C1)c1cccc(-c2cccc(OC(F)(F)F)c2)c1. The number of aliphatic hydroxyl groups is 1. The number of halogens is 3. The maximum atomic E-state index is 12.5. The molecule has 1 atom stereocenters. The summed E-state index contributed by atoms with van der Waals surface area (Å²) in [4.78, 5) is 25.3. The number of nitrogens with one attached hydrogen (secondary N) is 1. The highest BCUT2D eigenvalue weighted by Gasteiger charge is 2.32. The molecule has 1 heterocycles. The summed E-state index contributed by atoms with van der Waals surface area (Å²) in [6.07, 6.45) is -4.78. The van der Waals surface area contributed by atoms with Gasteiger partial charge in [0.05, 0.1) is 18.2 Å². The molecule has 158 valence electrons. The Hall–Kier alpha value is -3.49. The first-order valence-corrected chi connectivity index (χ1v) is 9.00. The van der Waals surface area contributed by atoms with Crippen molar-refractivity contribution in [3.8, 4) is 16.9 Å². The summed E-state index contributed by atoms with van der Waals surface area (Å²) in [5.41, 5.74) is 1.84. The number of likely N-dealkylation sites (N-methyl/N-ethyl adjacent to an activating group) is 1. The Bertz CT molecular complexity index is 1020. The van der Waals surface area contributed by atoms with E-state index in [-0.39, 0.29) is 17.9 Å². The average Bonchev–Trinajstić information content (AvgIpc) is 2.94. The van der Waals surface area contributed by atoms with Crippen molar-refractivity contribution in [3.05, 3.63) is 65.4 Å². The molecule has 30 heavy (non-hydrogen) atoms. The molecule has 2 N–H and O–H groups in total. The van der Waals surface area contributed by atoms with Gasteiger partial charge in [-0.15, -0.1) is 13.2 Å². The molecule has 6 nitrogen and oxygen atoms in total. The lowest BCUT2D eigenvalue weighted by Gasteiger charge is -2.16. The van der Waals surface area contributed by atoms with Gasteiger partial charge in [-0.25, -0.2) is 0 Å². The molecule has 9 heteroatoms. The van der Waals surface area contributed by atoms with E-state index in [0.29, 0.717) is 16.7 Å². The third-order valence-electron chi connectivity index (χ3n) is 4.64. The van der Waals surface area contributed by atoms with Crippen LogP contribution in [-0.2, 0) is 9.59 Å². The molecule has 0 aromatic heterocycles. The lowest BCUT2D eigenvalue weighted by atomic mass is 9.99. The van der Waals surface area contributed by atoms with Crippen LogP contribution < -0.4 is 10.1 Å². The van der Waals surface area contributed by atoms with Crippen molar-refractivity contribution in [1.82, 2.24) is 10.2 Å². The Morgan fingerprint density at radius 1 is 1.17 bits per heavy atom. The molecule has 2 aromatic rings. The minimum Gasteiger partial charge on any atom is -0.503 e. The first-order valence-electron chi connectivity index (χ1n) is 9.00. The Balaban J connectivity index is 1.78. The average molecular weight is 420 g/mol. The van der Waals surface area contributed by atoms with Gasteiger partial charge in [0.1, 0.15) is 5.75 Å². The number of rotatable bonds is 5. The zero-order valence-electron chi connectivity index (χ0n) is 16.2. The number of amides is 2. The number of nitrogens with zero attached hydrogens (tertiary/aromatic N) is 1. The van der Waals surface area contributed by atoms with E-state index in [2.05, 4.69) is 10.1 Å². The molecule has 1 aliphatic heterocycles. The van der Waals surface area contributed by atoms with Crippen LogP contribution in [0.3, 0.4) is 0 Å². The number of aliphatic hydroxyl groups excluding tert-OH is 1. The minimum absolute atomic E-state index is 0.00918. The van der Waals surface area contributed by atoms with Gasteiger partial charge in [-0.3, -0.25) is 9.59 Å². The molecule has 0 radical (unpaired) electrons. The van der Waals surface area contributed by atoms with Crippen LogP contribution in [0.25, 0.3) is 11.1 Å². The molecule has 1 aliphatic rings. The molecule has 3 rings (SSSR count). The highest BCUT2D eigenvalue weighted by Crippen LogP contribution is 2.29. The van der Waals surface area contributed by atoms with Crippen LogP contribution in [0.4, 0.5) is 13.2 Å². The van der Waals surface area contributed by atoms with Crippen LogP contribution in [0.1, 0.15) is 18.5 Å². The lowest BCUT2D eigenvalue weighted by molar-refractivity contribution is -0.274. The van der Waals surface area contributed by atoms with E-state index in [0.717, 1.165) is 0 Å². The van der Waals surface area contributed by atoms with Gasteiger partial charge in [-0.1, -0.05) is 30.3 Å². The third-order valence-corrected chi connectivity index (χ3v) is 4.64. The van der Waals surface area contributed by atoms with Crippen molar-refractivity contribution in [2.75, 3.05) is 13.6 Å². The molecule has 0 aliphatic carbocycles. The van der Waals surface area contributed by atoms with Gasteiger partial charge in [-0.05, 0) is 41.8 Å². The zero-order valence-corrected chi connectivity index (χ0v) is 16.2. The van der Waals surface area contributed by atoms with E-state index in [1.807, 2.05) is 0 Å². The van der Waals surface area contributed by atoms with Gasteiger partial charge in [0.2, 0.25) is 0 Å². The van der Waals surface area contributed by atoms with Crippen LogP contribution in [0.2, 0.25) is 0 Å². The molecule has 2 aromatic carbocycles. The smallest absolute Gasteiger partial charge is 0.503 e. The molecule has 0 spiro atoms. The Morgan fingerprint density at radius 3 is 2.40 bits per heavy atom. The summed E-state index contributed by atoms with van der Waals surface area (Å²) < 4.78 is 41.4. The fourth-order valence-electron chi connectivity index (χ4n) is 3.10. The monoisotopic (exact) mass is 420 g/mol. The molecule has 0 saturated heterocycles. The molecule has 0 saturated carbocycles. The van der Waals surface area contributed by atoms with Crippen LogP contribution in [0.5, 0.6) is 5.75 Å². The topological polar surface area (TPSA) is 78.9 Å². The number of hydrogen-bond acceptors (Lipinski definition) is 4. The molecular weight excluding hydrogens is 401 g/mol. The summed E-state index contributed by atoms with van der Waals surface area (Å²) >= 11 is 0. The van der Waals surface area contributed by atoms with Gasteiger partial charge in [0.25, 0.3) is 11.8 Å². The van der Waals surface area contributed by atoms with Gasteiger partial charge >= 0.3 is 6.36 Å². The van der Waals surface area contributed by atoms with Crippen molar-refractivity contribution in [1.29, 1.82) is 0 Å². The van der Waals surface area contributed by atoms with Crippen molar-refractivity contribution in [3.63, 3.8) is 0 Å². The van der Waals surface area contributed by atoms with Gasteiger partial charge in [0.15, 0.2) is 5.76 Å². The Labute approximate surface area is 170 Å². The standard InChI is InChI=1S/C21H19F3N2O4/c1-12(25-19(28)17-11-26(2)20(29)18(17)27)13-5-3-6-14(9-13)15-7-4-8-16(10-15)30-21(22,23)24/h3-10,12,27H,11H2,1-2H3,(H,25,28)/t12-/m1/s1. The van der Waals surface area contributed by atoms with Crippen molar-refractivity contribution < 1.29 is 32.6 Å². The fourth-order valence-corrected chi connectivity index (χ4v) is 3.10. The maximum absolute atomic E-state index is 12.5. The lowest BCUT2D eigenvalue weighted by Crippen LogP contribution is -2.30. The summed E-state index contributed by atoms with van der Waals surface area (Å²) in [6, 6.07) is 12.0. The Kier molecular flexibility index (Phi) is 5.73. The number of carbonyl (C=O) groups is 2. The molecule has 0 fully saturated rings. The maximum Gasteiger partial charge on any atom is 0.573 e. The van der Waals surface area contributed by atoms with Crippen LogP contribution in [0, 0.1) is 0 Å². The number of ether oxygens (including phenoxy) is 1. The van der Waals surface area contributed by atoms with Gasteiger partial charge in [-0.2, -0.15) is 0 Å². The van der Waals surface area contributed by atoms with E-state index in [1.54, 1.807) is 37.3 Å². The second-order valence-electron chi connectivity index (χ2n) is 6.88. The first kappa shape index (κ1) is 21.2. The van der Waals surface area contributed by atoms with Gasteiger partial charge in [0, 0.05) is 7.05 Å². The van der Waals surface area contributed by atoms with E-state index in [1.165, 1.54) is 30.1 Å². The van der Waals surface area contributed by atoms with Gasteiger partial charge < -0.3 is 20.1 Å².